The molecule has 6 heteroatoms. The van der Waals surface area contributed by atoms with Crippen LogP contribution in [0, 0.1) is 5.92 Å². The van der Waals surface area contributed by atoms with Crippen LogP contribution in [0.25, 0.3) is 0 Å². The summed E-state index contributed by atoms with van der Waals surface area (Å²) < 4.78 is 1.46. The normalized spacial score (nSPS) is 12.8. The van der Waals surface area contributed by atoms with E-state index in [1.54, 1.807) is 6.20 Å². The highest BCUT2D eigenvalue weighted by molar-refractivity contribution is 5.76. The predicted molar refractivity (Wildman–Crippen MR) is 60.5 cm³/mol. The van der Waals surface area contributed by atoms with Gasteiger partial charge < -0.3 is 16.2 Å². The third-order valence-electron chi connectivity index (χ3n) is 2.31. The Morgan fingerprint density at radius 3 is 2.81 bits per heavy atom. The fourth-order valence-corrected chi connectivity index (χ4v) is 1.29. The van der Waals surface area contributed by atoms with E-state index < -0.39 is 0 Å². The van der Waals surface area contributed by atoms with E-state index in [1.165, 1.54) is 10.9 Å². The molecule has 0 saturated heterocycles. The van der Waals surface area contributed by atoms with E-state index in [0.29, 0.717) is 5.69 Å². The zero-order chi connectivity index (χ0) is 12.1. The van der Waals surface area contributed by atoms with Crippen molar-refractivity contribution in [2.24, 2.45) is 5.92 Å². The quantitative estimate of drug-likeness (QED) is 0.636. The van der Waals surface area contributed by atoms with Gasteiger partial charge in [0.15, 0.2) is 0 Å². The average Bonchev–Trinajstić information content (AvgIpc) is 2.60. The Balaban J connectivity index is 2.47. The largest absolute Gasteiger partial charge is 0.396 e. The van der Waals surface area contributed by atoms with Crippen LogP contribution in [0.5, 0.6) is 0 Å². The molecule has 6 nitrogen and oxygen atoms in total. The molecule has 0 fully saturated rings. The third-order valence-corrected chi connectivity index (χ3v) is 2.31. The zero-order valence-corrected chi connectivity index (χ0v) is 9.55. The Hall–Kier alpha value is -1.56. The standard InChI is InChI=1S/C10H18N4O2/c1-7(2)9(6-15)13-10(16)5-14-4-8(11)3-12-14/h3-4,7,9,15H,5-6,11H2,1-2H3,(H,13,16). The number of carbonyl (C=O) groups is 1. The molecule has 0 spiro atoms. The van der Waals surface area contributed by atoms with Crippen molar-refractivity contribution in [3.63, 3.8) is 0 Å². The van der Waals surface area contributed by atoms with Crippen molar-refractivity contribution in [2.45, 2.75) is 26.4 Å². The van der Waals surface area contributed by atoms with Crippen LogP contribution in [0.2, 0.25) is 0 Å². The van der Waals surface area contributed by atoms with Gasteiger partial charge in [0.2, 0.25) is 5.91 Å². The molecule has 0 aliphatic heterocycles. The van der Waals surface area contributed by atoms with Gasteiger partial charge in [-0.1, -0.05) is 13.8 Å². The number of nitrogens with one attached hydrogen (secondary N) is 1. The number of aliphatic hydroxyl groups excluding tert-OH is 1. The first-order valence-electron chi connectivity index (χ1n) is 5.21. The molecule has 90 valence electrons. The number of amides is 1. The fourth-order valence-electron chi connectivity index (χ4n) is 1.29. The molecule has 1 heterocycles. The number of anilines is 1. The molecule has 1 amide bonds. The number of carbonyl (C=O) groups excluding carboxylic acids is 1. The summed E-state index contributed by atoms with van der Waals surface area (Å²) in [6.07, 6.45) is 3.07. The lowest BCUT2D eigenvalue weighted by Gasteiger charge is -2.19. The highest BCUT2D eigenvalue weighted by atomic mass is 16.3. The first kappa shape index (κ1) is 12.5. The Bertz CT molecular complexity index is 348. The lowest BCUT2D eigenvalue weighted by molar-refractivity contribution is -0.123. The predicted octanol–water partition coefficient (Wildman–Crippen LogP) is -0.402. The molecule has 1 rings (SSSR count). The van der Waals surface area contributed by atoms with E-state index in [2.05, 4.69) is 10.4 Å². The number of hydrogen-bond donors (Lipinski definition) is 3. The van der Waals surface area contributed by atoms with E-state index in [4.69, 9.17) is 10.8 Å². The molecule has 1 aromatic heterocycles. The molecule has 1 unspecified atom stereocenters. The Labute approximate surface area is 94.4 Å². The summed E-state index contributed by atoms with van der Waals surface area (Å²) in [5, 5.41) is 15.7. The second-order valence-electron chi connectivity index (χ2n) is 4.07. The first-order valence-corrected chi connectivity index (χ1v) is 5.21. The molecule has 0 radical (unpaired) electrons. The van der Waals surface area contributed by atoms with Crippen LogP contribution in [0.3, 0.4) is 0 Å². The molecule has 0 aliphatic carbocycles. The summed E-state index contributed by atoms with van der Waals surface area (Å²) >= 11 is 0. The van der Waals surface area contributed by atoms with Crippen molar-refractivity contribution in [2.75, 3.05) is 12.3 Å². The van der Waals surface area contributed by atoms with E-state index >= 15 is 0 Å². The average molecular weight is 226 g/mol. The third kappa shape index (κ3) is 3.54. The van der Waals surface area contributed by atoms with E-state index in [0.717, 1.165) is 0 Å². The molecular weight excluding hydrogens is 208 g/mol. The smallest absolute Gasteiger partial charge is 0.242 e. The van der Waals surface area contributed by atoms with Crippen LogP contribution < -0.4 is 11.1 Å². The molecule has 4 N–H and O–H groups in total. The summed E-state index contributed by atoms with van der Waals surface area (Å²) in [4.78, 5) is 11.6. The monoisotopic (exact) mass is 226 g/mol. The number of nitrogen functional groups attached to an aromatic ring is 1. The van der Waals surface area contributed by atoms with Crippen molar-refractivity contribution in [3.05, 3.63) is 12.4 Å². The van der Waals surface area contributed by atoms with Gasteiger partial charge in [-0.3, -0.25) is 9.48 Å². The van der Waals surface area contributed by atoms with Gasteiger partial charge in [-0.2, -0.15) is 5.10 Å². The Morgan fingerprint density at radius 2 is 2.38 bits per heavy atom. The van der Waals surface area contributed by atoms with Gasteiger partial charge in [-0.25, -0.2) is 0 Å². The van der Waals surface area contributed by atoms with Crippen LogP contribution >= 0.6 is 0 Å². The summed E-state index contributed by atoms with van der Waals surface area (Å²) in [6, 6.07) is -0.222. The molecule has 0 aliphatic rings. The number of nitrogens with zero attached hydrogens (tertiary/aromatic N) is 2. The number of hydrogen-bond acceptors (Lipinski definition) is 4. The second-order valence-corrected chi connectivity index (χ2v) is 4.07. The zero-order valence-electron chi connectivity index (χ0n) is 9.55. The van der Waals surface area contributed by atoms with Crippen molar-refractivity contribution in [3.8, 4) is 0 Å². The molecule has 0 saturated carbocycles. The Kier molecular flexibility index (Phi) is 4.30. The number of nitrogens with two attached hydrogens (primary N) is 1. The van der Waals surface area contributed by atoms with Crippen LogP contribution in [-0.2, 0) is 11.3 Å². The van der Waals surface area contributed by atoms with Gasteiger partial charge in [0.1, 0.15) is 6.54 Å². The maximum absolute atomic E-state index is 11.6. The molecule has 16 heavy (non-hydrogen) atoms. The fraction of sp³-hybridized carbons (Fsp3) is 0.600. The number of aromatic nitrogens is 2. The van der Waals surface area contributed by atoms with E-state index in [9.17, 15) is 4.79 Å². The van der Waals surface area contributed by atoms with Gasteiger partial charge in [0.05, 0.1) is 24.5 Å². The maximum Gasteiger partial charge on any atom is 0.242 e. The summed E-state index contributed by atoms with van der Waals surface area (Å²) in [7, 11) is 0. The van der Waals surface area contributed by atoms with Crippen molar-refractivity contribution in [1.29, 1.82) is 0 Å². The van der Waals surface area contributed by atoms with Gasteiger partial charge in [-0.15, -0.1) is 0 Å². The number of aliphatic hydroxyl groups is 1. The van der Waals surface area contributed by atoms with Crippen LogP contribution in [0.15, 0.2) is 12.4 Å². The maximum atomic E-state index is 11.6. The minimum atomic E-state index is -0.222. The molecular formula is C10H18N4O2. The summed E-state index contributed by atoms with van der Waals surface area (Å²) in [5.41, 5.74) is 6.00. The van der Waals surface area contributed by atoms with Crippen molar-refractivity contribution >= 4 is 11.6 Å². The number of rotatable bonds is 5. The Morgan fingerprint density at radius 1 is 1.69 bits per heavy atom. The molecule has 1 atom stereocenters. The molecule has 0 aromatic carbocycles. The van der Waals surface area contributed by atoms with Gasteiger partial charge in [-0.05, 0) is 5.92 Å². The summed E-state index contributed by atoms with van der Waals surface area (Å²) in [6.45, 7) is 3.92. The highest BCUT2D eigenvalue weighted by Gasteiger charge is 2.15. The minimum absolute atomic E-state index is 0.0648. The van der Waals surface area contributed by atoms with Crippen LogP contribution in [0.4, 0.5) is 5.69 Å². The van der Waals surface area contributed by atoms with E-state index in [-0.39, 0.29) is 31.0 Å². The SMILES string of the molecule is CC(C)C(CO)NC(=O)Cn1cc(N)cn1. The lowest BCUT2D eigenvalue weighted by Crippen LogP contribution is -2.42. The van der Waals surface area contributed by atoms with Crippen LogP contribution in [0.1, 0.15) is 13.8 Å². The van der Waals surface area contributed by atoms with Crippen molar-refractivity contribution < 1.29 is 9.90 Å². The van der Waals surface area contributed by atoms with Gasteiger partial charge in [0, 0.05) is 6.20 Å². The van der Waals surface area contributed by atoms with Crippen LogP contribution in [-0.4, -0.2) is 33.4 Å². The highest BCUT2D eigenvalue weighted by Crippen LogP contribution is 2.01. The minimum Gasteiger partial charge on any atom is -0.396 e. The second kappa shape index (κ2) is 5.50. The van der Waals surface area contributed by atoms with Gasteiger partial charge >= 0.3 is 0 Å². The van der Waals surface area contributed by atoms with Crippen molar-refractivity contribution in [1.82, 2.24) is 15.1 Å². The first-order chi connectivity index (χ1) is 7.52. The molecule has 1 aromatic rings. The lowest BCUT2D eigenvalue weighted by atomic mass is 10.1. The molecule has 0 bridgehead atoms. The van der Waals surface area contributed by atoms with E-state index in [1.807, 2.05) is 13.8 Å². The topological polar surface area (TPSA) is 93.2 Å². The van der Waals surface area contributed by atoms with Gasteiger partial charge in [0.25, 0.3) is 0 Å². The summed E-state index contributed by atoms with van der Waals surface area (Å²) in [5.74, 6) is 0.00694.